The van der Waals surface area contributed by atoms with Crippen molar-refractivity contribution in [3.8, 4) is 11.3 Å². The fourth-order valence-corrected chi connectivity index (χ4v) is 3.99. The van der Waals surface area contributed by atoms with Gasteiger partial charge in [0.1, 0.15) is 11.5 Å². The van der Waals surface area contributed by atoms with E-state index in [0.717, 1.165) is 11.3 Å². The van der Waals surface area contributed by atoms with Crippen LogP contribution in [0.25, 0.3) is 16.2 Å². The number of benzene rings is 1. The number of hydrogen-bond donors (Lipinski definition) is 0. The van der Waals surface area contributed by atoms with Crippen molar-refractivity contribution < 1.29 is 9.53 Å². The van der Waals surface area contributed by atoms with Crippen molar-refractivity contribution in [1.82, 2.24) is 9.38 Å². The highest BCUT2D eigenvalue weighted by atomic mass is 32.1. The average molecular weight is 368 g/mol. The molecule has 7 heteroatoms. The molecule has 0 aliphatic carbocycles. The molecule has 124 valence electrons. The third-order valence-corrected chi connectivity index (χ3v) is 5.28. The van der Waals surface area contributed by atoms with Crippen molar-refractivity contribution in [1.29, 1.82) is 0 Å². The van der Waals surface area contributed by atoms with Gasteiger partial charge in [-0.25, -0.2) is 9.78 Å². The first-order chi connectivity index (χ1) is 12.2. The van der Waals surface area contributed by atoms with E-state index in [0.29, 0.717) is 15.5 Å². The lowest BCUT2D eigenvalue weighted by Gasteiger charge is -2.04. The summed E-state index contributed by atoms with van der Waals surface area (Å²) in [5.74, 6) is -0.409. The Kier molecular flexibility index (Phi) is 4.17. The first-order valence-electron chi connectivity index (χ1n) is 7.48. The van der Waals surface area contributed by atoms with Gasteiger partial charge in [-0.1, -0.05) is 36.4 Å². The standard InChI is InChI=1S/C18H12N2O3S2/c21-16-9-13(10-23-17(22)15-7-4-8-24-15)19-18-20(16)14(11-25-18)12-5-2-1-3-6-12/h1-9,11H,10H2. The molecule has 0 aliphatic heterocycles. The first kappa shape index (κ1) is 15.7. The fraction of sp³-hybridized carbons (Fsp3) is 0.0556. The Morgan fingerprint density at radius 1 is 1.12 bits per heavy atom. The maximum absolute atomic E-state index is 12.5. The summed E-state index contributed by atoms with van der Waals surface area (Å²) < 4.78 is 6.81. The van der Waals surface area contributed by atoms with Crippen LogP contribution in [0.4, 0.5) is 0 Å². The largest absolute Gasteiger partial charge is 0.455 e. The number of hydrogen-bond acceptors (Lipinski definition) is 6. The zero-order valence-corrected chi connectivity index (χ0v) is 14.5. The summed E-state index contributed by atoms with van der Waals surface area (Å²) >= 11 is 2.70. The summed E-state index contributed by atoms with van der Waals surface area (Å²) in [6.07, 6.45) is 0. The zero-order valence-electron chi connectivity index (χ0n) is 12.9. The predicted octanol–water partition coefficient (Wildman–Crippen LogP) is 3.84. The molecular formula is C18H12N2O3S2. The maximum atomic E-state index is 12.5. The molecule has 0 saturated carbocycles. The molecule has 0 unspecified atom stereocenters. The molecule has 4 aromatic rings. The Morgan fingerprint density at radius 2 is 1.96 bits per heavy atom. The van der Waals surface area contributed by atoms with Crippen molar-refractivity contribution in [2.75, 3.05) is 0 Å². The number of rotatable bonds is 4. The molecule has 0 radical (unpaired) electrons. The minimum Gasteiger partial charge on any atom is -0.455 e. The quantitative estimate of drug-likeness (QED) is 0.514. The van der Waals surface area contributed by atoms with Crippen molar-refractivity contribution in [3.05, 3.63) is 80.2 Å². The molecule has 0 N–H and O–H groups in total. The van der Waals surface area contributed by atoms with Gasteiger partial charge in [-0.3, -0.25) is 9.20 Å². The number of esters is 1. The Bertz CT molecular complexity index is 1080. The van der Waals surface area contributed by atoms with Gasteiger partial charge in [0.2, 0.25) is 0 Å². The molecule has 0 saturated heterocycles. The molecule has 25 heavy (non-hydrogen) atoms. The third-order valence-electron chi connectivity index (χ3n) is 3.60. The highest BCUT2D eigenvalue weighted by Crippen LogP contribution is 2.23. The highest BCUT2D eigenvalue weighted by molar-refractivity contribution is 7.15. The van der Waals surface area contributed by atoms with E-state index in [9.17, 15) is 9.59 Å². The molecule has 1 aromatic carbocycles. The van der Waals surface area contributed by atoms with E-state index < -0.39 is 5.97 Å². The van der Waals surface area contributed by atoms with E-state index in [4.69, 9.17) is 4.74 Å². The molecule has 0 bridgehead atoms. The van der Waals surface area contributed by atoms with Crippen LogP contribution >= 0.6 is 22.7 Å². The van der Waals surface area contributed by atoms with Gasteiger partial charge in [0.25, 0.3) is 5.56 Å². The van der Waals surface area contributed by atoms with Crippen LogP contribution in [0.5, 0.6) is 0 Å². The number of thiophene rings is 1. The summed E-state index contributed by atoms with van der Waals surface area (Å²) in [7, 11) is 0. The summed E-state index contributed by atoms with van der Waals surface area (Å²) in [4.78, 5) is 30.0. The van der Waals surface area contributed by atoms with Gasteiger partial charge in [-0.15, -0.1) is 22.7 Å². The number of ether oxygens (including phenoxy) is 1. The molecule has 0 atom stereocenters. The van der Waals surface area contributed by atoms with Gasteiger partial charge < -0.3 is 4.74 Å². The number of nitrogens with zero attached hydrogens (tertiary/aromatic N) is 2. The molecule has 5 nitrogen and oxygen atoms in total. The van der Waals surface area contributed by atoms with Crippen molar-refractivity contribution in [2.45, 2.75) is 6.61 Å². The number of thiazole rings is 1. The van der Waals surface area contributed by atoms with Crippen LogP contribution in [0.1, 0.15) is 15.4 Å². The molecule has 3 aromatic heterocycles. The lowest BCUT2D eigenvalue weighted by Crippen LogP contribution is -2.16. The average Bonchev–Trinajstić information content (AvgIpc) is 3.30. The van der Waals surface area contributed by atoms with Crippen LogP contribution in [0, 0.1) is 0 Å². The summed E-state index contributed by atoms with van der Waals surface area (Å²) in [5.41, 5.74) is 2.01. The van der Waals surface area contributed by atoms with Crippen LogP contribution in [-0.2, 0) is 11.3 Å². The van der Waals surface area contributed by atoms with Gasteiger partial charge in [0.05, 0.1) is 11.4 Å². The van der Waals surface area contributed by atoms with E-state index >= 15 is 0 Å². The predicted molar refractivity (Wildman–Crippen MR) is 98.2 cm³/mol. The van der Waals surface area contributed by atoms with Gasteiger partial charge in [-0.2, -0.15) is 0 Å². The smallest absolute Gasteiger partial charge is 0.348 e. The Morgan fingerprint density at radius 3 is 2.72 bits per heavy atom. The molecular weight excluding hydrogens is 356 g/mol. The third kappa shape index (κ3) is 3.11. The lowest BCUT2D eigenvalue weighted by atomic mass is 10.2. The molecule has 0 spiro atoms. The second kappa shape index (κ2) is 6.62. The van der Waals surface area contributed by atoms with Crippen LogP contribution in [0.15, 0.2) is 64.1 Å². The molecule has 4 rings (SSSR count). The van der Waals surface area contributed by atoms with Gasteiger partial charge >= 0.3 is 5.97 Å². The minimum atomic E-state index is -0.409. The number of carbonyl (C=O) groups is 1. The maximum Gasteiger partial charge on any atom is 0.348 e. The van der Waals surface area contributed by atoms with Crippen LogP contribution in [0.2, 0.25) is 0 Å². The summed E-state index contributed by atoms with van der Waals surface area (Å²) in [6.45, 7) is -0.0267. The Labute approximate surface area is 150 Å². The minimum absolute atomic E-state index is 0.0267. The molecule has 0 fully saturated rings. The molecule has 3 heterocycles. The normalized spacial score (nSPS) is 10.9. The summed E-state index contributed by atoms with van der Waals surface area (Å²) in [5, 5.41) is 3.71. The second-order valence-corrected chi connectivity index (χ2v) is 7.03. The van der Waals surface area contributed by atoms with Gasteiger partial charge in [-0.05, 0) is 17.0 Å². The Hall–Kier alpha value is -2.77. The fourth-order valence-electron chi connectivity index (χ4n) is 2.45. The first-order valence-corrected chi connectivity index (χ1v) is 9.24. The van der Waals surface area contributed by atoms with Crippen LogP contribution in [0.3, 0.4) is 0 Å². The van der Waals surface area contributed by atoms with Gasteiger partial charge in [0, 0.05) is 11.4 Å². The van der Waals surface area contributed by atoms with Crippen LogP contribution in [-0.4, -0.2) is 15.4 Å². The number of aromatic nitrogens is 2. The van der Waals surface area contributed by atoms with Gasteiger partial charge in [0.15, 0.2) is 4.96 Å². The molecule has 0 amide bonds. The lowest BCUT2D eigenvalue weighted by molar-refractivity contribution is 0.0473. The monoisotopic (exact) mass is 368 g/mol. The van der Waals surface area contributed by atoms with E-state index in [1.54, 1.807) is 16.5 Å². The number of carbonyl (C=O) groups excluding carboxylic acids is 1. The van der Waals surface area contributed by atoms with E-state index in [2.05, 4.69) is 4.98 Å². The van der Waals surface area contributed by atoms with E-state index in [1.165, 1.54) is 28.7 Å². The summed E-state index contributed by atoms with van der Waals surface area (Å²) in [6, 6.07) is 14.6. The SMILES string of the molecule is O=C(OCc1cc(=O)n2c(-c3ccccc3)csc2n1)c1cccs1. The number of fused-ring (bicyclic) bond motifs is 1. The van der Waals surface area contributed by atoms with Crippen molar-refractivity contribution in [2.24, 2.45) is 0 Å². The highest BCUT2D eigenvalue weighted by Gasteiger charge is 2.13. The van der Waals surface area contributed by atoms with Crippen molar-refractivity contribution >= 4 is 33.6 Å². The molecule has 0 aliphatic rings. The van der Waals surface area contributed by atoms with Crippen LogP contribution < -0.4 is 5.56 Å². The van der Waals surface area contributed by atoms with E-state index in [1.807, 2.05) is 41.1 Å². The zero-order chi connectivity index (χ0) is 17.2. The Balaban J connectivity index is 1.63. The topological polar surface area (TPSA) is 60.7 Å². The second-order valence-electron chi connectivity index (χ2n) is 5.24. The van der Waals surface area contributed by atoms with Crippen molar-refractivity contribution in [3.63, 3.8) is 0 Å². The van der Waals surface area contributed by atoms with E-state index in [-0.39, 0.29) is 12.2 Å².